The minimum absolute atomic E-state index is 0.309. The monoisotopic (exact) mass is 366 g/mol. The molecule has 0 fully saturated rings. The van der Waals surface area contributed by atoms with E-state index in [2.05, 4.69) is 20.6 Å². The fraction of sp³-hybridized carbons (Fsp3) is 0.158. The van der Waals surface area contributed by atoms with Crippen molar-refractivity contribution in [2.45, 2.75) is 13.5 Å². The van der Waals surface area contributed by atoms with Gasteiger partial charge in [0, 0.05) is 18.1 Å². The van der Waals surface area contributed by atoms with Gasteiger partial charge in [-0.3, -0.25) is 4.79 Å². The average Bonchev–Trinajstić information content (AvgIpc) is 3.21. The minimum atomic E-state index is -0.401. The number of nitrogens with one attached hydrogen (secondary N) is 2. The van der Waals surface area contributed by atoms with E-state index in [1.165, 1.54) is 12.4 Å². The maximum Gasteiger partial charge on any atom is 0.338 e. The second-order valence-electron chi connectivity index (χ2n) is 5.48. The van der Waals surface area contributed by atoms with Crippen LogP contribution in [-0.2, 0) is 11.3 Å². The molecule has 8 nitrogen and oxygen atoms in total. The fourth-order valence-corrected chi connectivity index (χ4v) is 2.22. The van der Waals surface area contributed by atoms with E-state index >= 15 is 0 Å². The topological polar surface area (TPSA) is 106 Å². The van der Waals surface area contributed by atoms with Crippen molar-refractivity contribution in [1.82, 2.24) is 9.97 Å². The van der Waals surface area contributed by atoms with Gasteiger partial charge >= 0.3 is 5.97 Å². The predicted molar refractivity (Wildman–Crippen MR) is 98.4 cm³/mol. The van der Waals surface area contributed by atoms with Gasteiger partial charge in [0.25, 0.3) is 5.91 Å². The lowest BCUT2D eigenvalue weighted by Gasteiger charge is -2.07. The molecule has 0 saturated heterocycles. The number of hydrogen-bond donors (Lipinski definition) is 2. The Bertz CT molecular complexity index is 890. The highest BCUT2D eigenvalue weighted by molar-refractivity contribution is 6.04. The number of benzene rings is 1. The number of furan rings is 1. The third-order valence-electron chi connectivity index (χ3n) is 3.57. The highest BCUT2D eigenvalue weighted by Gasteiger charge is 2.10. The van der Waals surface area contributed by atoms with Crippen molar-refractivity contribution >= 4 is 23.5 Å². The molecule has 2 heterocycles. The first-order chi connectivity index (χ1) is 13.2. The van der Waals surface area contributed by atoms with Gasteiger partial charge in [0.05, 0.1) is 30.5 Å². The summed E-state index contributed by atoms with van der Waals surface area (Å²) in [5, 5.41) is 5.72. The van der Waals surface area contributed by atoms with E-state index < -0.39 is 5.97 Å². The molecule has 0 aliphatic rings. The van der Waals surface area contributed by atoms with E-state index in [1.807, 2.05) is 6.07 Å². The summed E-state index contributed by atoms with van der Waals surface area (Å²) in [6.45, 7) is 2.50. The average molecular weight is 366 g/mol. The maximum atomic E-state index is 12.3. The molecular formula is C19H18N4O4. The Morgan fingerprint density at radius 2 is 1.81 bits per heavy atom. The third kappa shape index (κ3) is 4.91. The summed E-state index contributed by atoms with van der Waals surface area (Å²) in [5.41, 5.74) is 1.28. The summed E-state index contributed by atoms with van der Waals surface area (Å²) < 4.78 is 10.1. The van der Waals surface area contributed by atoms with Gasteiger partial charge in [-0.25, -0.2) is 14.8 Å². The van der Waals surface area contributed by atoms with Crippen LogP contribution < -0.4 is 10.6 Å². The molecule has 0 radical (unpaired) electrons. The van der Waals surface area contributed by atoms with Crippen molar-refractivity contribution in [3.63, 3.8) is 0 Å². The highest BCUT2D eigenvalue weighted by atomic mass is 16.5. The Hall–Kier alpha value is -3.68. The molecule has 0 saturated carbocycles. The summed E-state index contributed by atoms with van der Waals surface area (Å²) in [6.07, 6.45) is 4.45. The van der Waals surface area contributed by atoms with E-state index in [9.17, 15) is 9.59 Å². The van der Waals surface area contributed by atoms with Crippen molar-refractivity contribution in [1.29, 1.82) is 0 Å². The molecule has 1 amide bonds. The number of ether oxygens (including phenoxy) is 1. The molecule has 0 aliphatic carbocycles. The molecule has 27 heavy (non-hydrogen) atoms. The highest BCUT2D eigenvalue weighted by Crippen LogP contribution is 2.12. The summed E-state index contributed by atoms with van der Waals surface area (Å²) in [5.74, 6) is 0.395. The Morgan fingerprint density at radius 3 is 2.44 bits per heavy atom. The van der Waals surface area contributed by atoms with Crippen molar-refractivity contribution in [3.8, 4) is 0 Å². The van der Waals surface area contributed by atoms with Crippen LogP contribution in [0.25, 0.3) is 0 Å². The second kappa shape index (κ2) is 8.61. The van der Waals surface area contributed by atoms with Gasteiger partial charge in [-0.1, -0.05) is 0 Å². The van der Waals surface area contributed by atoms with E-state index in [4.69, 9.17) is 9.15 Å². The molecule has 3 rings (SSSR count). The van der Waals surface area contributed by atoms with Crippen molar-refractivity contribution in [2.24, 2.45) is 0 Å². The molecule has 0 spiro atoms. The van der Waals surface area contributed by atoms with Gasteiger partial charge in [-0.2, -0.15) is 0 Å². The standard InChI is InChI=1S/C19H18N4O4/c1-2-26-18(25)13-5-7-15(8-6-13)23-17(24)14-10-20-19(21-11-14)22-12-16-4-3-9-27-16/h3-11H,2,12H2,1H3,(H,23,24)(H,20,21,22). The summed E-state index contributed by atoms with van der Waals surface area (Å²) in [4.78, 5) is 32.1. The maximum absolute atomic E-state index is 12.3. The van der Waals surface area contributed by atoms with Crippen LogP contribution in [0.2, 0.25) is 0 Å². The quantitative estimate of drug-likeness (QED) is 0.619. The summed E-state index contributed by atoms with van der Waals surface area (Å²) in [7, 11) is 0. The number of anilines is 2. The first kappa shape index (κ1) is 18.1. The molecule has 1 aromatic carbocycles. The summed E-state index contributed by atoms with van der Waals surface area (Å²) >= 11 is 0. The van der Waals surface area contributed by atoms with Crippen molar-refractivity contribution in [2.75, 3.05) is 17.2 Å². The number of esters is 1. The number of aromatic nitrogens is 2. The zero-order valence-electron chi connectivity index (χ0n) is 14.6. The van der Waals surface area contributed by atoms with E-state index in [0.29, 0.717) is 35.9 Å². The van der Waals surface area contributed by atoms with Crippen molar-refractivity contribution in [3.05, 3.63) is 71.9 Å². The van der Waals surface area contributed by atoms with Crippen molar-refractivity contribution < 1.29 is 18.7 Å². The van der Waals surface area contributed by atoms with Crippen LogP contribution >= 0.6 is 0 Å². The van der Waals surface area contributed by atoms with Crippen LogP contribution in [0.1, 0.15) is 33.4 Å². The number of amides is 1. The third-order valence-corrected chi connectivity index (χ3v) is 3.57. The zero-order valence-corrected chi connectivity index (χ0v) is 14.6. The SMILES string of the molecule is CCOC(=O)c1ccc(NC(=O)c2cnc(NCc3ccco3)nc2)cc1. The van der Waals surface area contributed by atoms with Gasteiger partial charge in [0.15, 0.2) is 0 Å². The fourth-order valence-electron chi connectivity index (χ4n) is 2.22. The van der Waals surface area contributed by atoms with Gasteiger partial charge in [0.2, 0.25) is 5.95 Å². The van der Waals surface area contributed by atoms with E-state index in [1.54, 1.807) is 43.5 Å². The number of carbonyl (C=O) groups is 2. The molecule has 0 bridgehead atoms. The van der Waals surface area contributed by atoms with Crippen LogP contribution in [0.4, 0.5) is 11.6 Å². The van der Waals surface area contributed by atoms with Crippen LogP contribution in [0.15, 0.2) is 59.5 Å². The van der Waals surface area contributed by atoms with Crippen LogP contribution in [0.3, 0.4) is 0 Å². The normalized spacial score (nSPS) is 10.3. The first-order valence-electron chi connectivity index (χ1n) is 8.32. The zero-order chi connectivity index (χ0) is 19.1. The minimum Gasteiger partial charge on any atom is -0.467 e. The molecule has 0 unspecified atom stereocenters. The molecule has 0 aliphatic heterocycles. The Balaban J connectivity index is 1.56. The number of carbonyl (C=O) groups excluding carboxylic acids is 2. The largest absolute Gasteiger partial charge is 0.467 e. The van der Waals surface area contributed by atoms with Crippen LogP contribution in [0, 0.1) is 0 Å². The lowest BCUT2D eigenvalue weighted by atomic mass is 10.2. The molecule has 3 aromatic rings. The molecule has 8 heteroatoms. The molecule has 2 aromatic heterocycles. The number of rotatable bonds is 7. The first-order valence-corrected chi connectivity index (χ1v) is 8.32. The van der Waals surface area contributed by atoms with Gasteiger partial charge < -0.3 is 19.8 Å². The molecular weight excluding hydrogens is 348 g/mol. The Morgan fingerprint density at radius 1 is 1.07 bits per heavy atom. The Labute approximate surface area is 155 Å². The molecule has 0 atom stereocenters. The second-order valence-corrected chi connectivity index (χ2v) is 5.48. The van der Waals surface area contributed by atoms with E-state index in [-0.39, 0.29) is 5.91 Å². The van der Waals surface area contributed by atoms with Crippen LogP contribution in [0.5, 0.6) is 0 Å². The number of nitrogens with zero attached hydrogens (tertiary/aromatic N) is 2. The number of hydrogen-bond acceptors (Lipinski definition) is 7. The van der Waals surface area contributed by atoms with Gasteiger partial charge in [-0.05, 0) is 43.3 Å². The Kier molecular flexibility index (Phi) is 5.78. The summed E-state index contributed by atoms with van der Waals surface area (Å²) in [6, 6.07) is 10.1. The smallest absolute Gasteiger partial charge is 0.338 e. The molecule has 138 valence electrons. The van der Waals surface area contributed by atoms with E-state index in [0.717, 1.165) is 5.76 Å². The molecule has 2 N–H and O–H groups in total. The van der Waals surface area contributed by atoms with Gasteiger partial charge in [0.1, 0.15) is 5.76 Å². The lowest BCUT2D eigenvalue weighted by molar-refractivity contribution is 0.0526. The van der Waals surface area contributed by atoms with Crippen LogP contribution in [-0.4, -0.2) is 28.5 Å². The predicted octanol–water partition coefficient (Wildman–Crippen LogP) is 3.11. The van der Waals surface area contributed by atoms with Gasteiger partial charge in [-0.15, -0.1) is 0 Å². The lowest BCUT2D eigenvalue weighted by Crippen LogP contribution is -2.13.